The topological polar surface area (TPSA) is 79.7 Å². The molecule has 4 aromatic rings. The number of rotatable bonds is 5. The number of hydrogen-bond donors (Lipinski definition) is 1. The van der Waals surface area contributed by atoms with Crippen molar-refractivity contribution in [2.75, 3.05) is 12.0 Å². The molecule has 35 heavy (non-hydrogen) atoms. The molecule has 3 aromatic carbocycles. The van der Waals surface area contributed by atoms with Crippen LogP contribution in [0, 0.1) is 6.92 Å². The molecule has 1 aromatic heterocycles. The predicted molar refractivity (Wildman–Crippen MR) is 138 cm³/mol. The lowest BCUT2D eigenvalue weighted by Gasteiger charge is -2.23. The molecule has 0 spiro atoms. The number of benzene rings is 3. The van der Waals surface area contributed by atoms with Gasteiger partial charge in [-0.2, -0.15) is 0 Å². The van der Waals surface area contributed by atoms with Crippen molar-refractivity contribution in [2.45, 2.75) is 26.3 Å². The first-order chi connectivity index (χ1) is 16.9. The molecule has 1 amide bonds. The number of aliphatic hydroxyl groups is 1. The van der Waals surface area contributed by atoms with E-state index in [0.717, 1.165) is 33.3 Å². The van der Waals surface area contributed by atoms with E-state index in [9.17, 15) is 14.7 Å². The number of ether oxygens (including phenoxy) is 1. The summed E-state index contributed by atoms with van der Waals surface area (Å²) < 4.78 is 6.21. The molecule has 6 nitrogen and oxygen atoms in total. The quantitative estimate of drug-likeness (QED) is 0.220. The third kappa shape index (κ3) is 3.98. The number of amides is 1. The van der Waals surface area contributed by atoms with Crippen LogP contribution >= 0.6 is 11.3 Å². The van der Waals surface area contributed by atoms with Gasteiger partial charge >= 0.3 is 5.91 Å². The highest BCUT2D eigenvalue weighted by Gasteiger charge is 2.48. The van der Waals surface area contributed by atoms with Gasteiger partial charge in [0.2, 0.25) is 0 Å². The van der Waals surface area contributed by atoms with E-state index in [0.29, 0.717) is 16.4 Å². The normalized spacial score (nSPS) is 17.3. The monoisotopic (exact) mass is 484 g/mol. The minimum atomic E-state index is -0.811. The van der Waals surface area contributed by atoms with Crippen molar-refractivity contribution in [2.24, 2.45) is 0 Å². The second kappa shape index (κ2) is 9.00. The summed E-state index contributed by atoms with van der Waals surface area (Å²) in [4.78, 5) is 32.9. The van der Waals surface area contributed by atoms with Gasteiger partial charge in [0, 0.05) is 5.56 Å². The number of aliphatic hydroxyl groups excluding tert-OH is 1. The van der Waals surface area contributed by atoms with Crippen molar-refractivity contribution in [3.05, 3.63) is 94.6 Å². The van der Waals surface area contributed by atoms with E-state index >= 15 is 0 Å². The van der Waals surface area contributed by atoms with Crippen LogP contribution in [0.15, 0.2) is 72.3 Å². The summed E-state index contributed by atoms with van der Waals surface area (Å²) in [5, 5.41) is 11.7. The Morgan fingerprint density at radius 2 is 1.86 bits per heavy atom. The Kier molecular flexibility index (Phi) is 5.86. The van der Waals surface area contributed by atoms with Crippen LogP contribution in [0.5, 0.6) is 5.75 Å². The molecule has 0 saturated carbocycles. The number of fused-ring (bicyclic) bond motifs is 1. The lowest BCUT2D eigenvalue weighted by molar-refractivity contribution is -0.132. The molecule has 7 heteroatoms. The summed E-state index contributed by atoms with van der Waals surface area (Å²) in [6, 6.07) is 19.6. The number of thiazole rings is 1. The Morgan fingerprint density at radius 1 is 1.09 bits per heavy atom. The number of methoxy groups -OCH3 is 1. The first-order valence-corrected chi connectivity index (χ1v) is 12.1. The van der Waals surface area contributed by atoms with Gasteiger partial charge in [0.15, 0.2) is 5.13 Å². The number of aromatic nitrogens is 1. The summed E-state index contributed by atoms with van der Waals surface area (Å²) in [6.07, 6.45) is 0.863. The molecular weight excluding hydrogens is 460 g/mol. The van der Waals surface area contributed by atoms with Crippen LogP contribution in [0.3, 0.4) is 0 Å². The highest BCUT2D eigenvalue weighted by molar-refractivity contribution is 7.22. The Balaban J connectivity index is 1.72. The average molecular weight is 485 g/mol. The maximum atomic E-state index is 13.4. The second-order valence-electron chi connectivity index (χ2n) is 8.46. The standard InChI is InChI=1S/C28H24N2O4S/c1-4-17-9-11-18(12-10-17)24-23(25(31)19-6-5-7-20(15-19)34-3)26(32)27(33)30(24)28-29-21-13-8-16(2)14-22(21)35-28/h5-15,24,31H,4H2,1-3H3. The number of hydrogen-bond acceptors (Lipinski definition) is 6. The average Bonchev–Trinajstić information content (AvgIpc) is 3.41. The number of aryl methyl sites for hydroxylation is 2. The van der Waals surface area contributed by atoms with E-state index in [1.807, 2.05) is 49.4 Å². The van der Waals surface area contributed by atoms with E-state index in [2.05, 4.69) is 11.9 Å². The second-order valence-corrected chi connectivity index (χ2v) is 9.47. The van der Waals surface area contributed by atoms with Crippen molar-refractivity contribution in [3.8, 4) is 5.75 Å². The summed E-state index contributed by atoms with van der Waals surface area (Å²) >= 11 is 1.35. The zero-order chi connectivity index (χ0) is 24.7. The summed E-state index contributed by atoms with van der Waals surface area (Å²) in [5.41, 5.74) is 4.13. The fourth-order valence-electron chi connectivity index (χ4n) is 4.33. The van der Waals surface area contributed by atoms with Crippen LogP contribution in [-0.4, -0.2) is 28.9 Å². The van der Waals surface area contributed by atoms with Crippen LogP contribution in [0.2, 0.25) is 0 Å². The molecule has 176 valence electrons. The van der Waals surface area contributed by atoms with E-state index < -0.39 is 17.7 Å². The van der Waals surface area contributed by atoms with Crippen molar-refractivity contribution in [1.82, 2.24) is 4.98 Å². The highest BCUT2D eigenvalue weighted by Crippen LogP contribution is 2.44. The number of carbonyl (C=O) groups is 2. The summed E-state index contributed by atoms with van der Waals surface area (Å²) in [5.74, 6) is -1.17. The largest absolute Gasteiger partial charge is 0.507 e. The zero-order valence-corrected chi connectivity index (χ0v) is 20.4. The van der Waals surface area contributed by atoms with Gasteiger partial charge in [-0.05, 0) is 54.3 Å². The molecular formula is C28H24N2O4S. The molecule has 2 heterocycles. The molecule has 1 unspecified atom stereocenters. The number of nitrogens with zero attached hydrogens (tertiary/aromatic N) is 2. The number of ketones is 1. The lowest BCUT2D eigenvalue weighted by atomic mass is 9.94. The zero-order valence-electron chi connectivity index (χ0n) is 19.6. The SMILES string of the molecule is CCc1ccc(C2C(=C(O)c3cccc(OC)c3)C(=O)C(=O)N2c2nc3ccc(C)cc3s2)cc1. The van der Waals surface area contributed by atoms with Gasteiger partial charge in [0.05, 0.1) is 28.9 Å². The third-order valence-electron chi connectivity index (χ3n) is 6.23. The Hall–Kier alpha value is -3.97. The molecule has 1 aliphatic heterocycles. The van der Waals surface area contributed by atoms with E-state index in [1.54, 1.807) is 24.3 Å². The molecule has 5 rings (SSSR count). The van der Waals surface area contributed by atoms with E-state index in [-0.39, 0.29) is 11.3 Å². The van der Waals surface area contributed by atoms with Crippen molar-refractivity contribution in [3.63, 3.8) is 0 Å². The van der Waals surface area contributed by atoms with Gasteiger partial charge in [-0.3, -0.25) is 14.5 Å². The van der Waals surface area contributed by atoms with Gasteiger partial charge in [0.1, 0.15) is 11.5 Å². The molecule has 0 radical (unpaired) electrons. The maximum absolute atomic E-state index is 13.4. The molecule has 0 bridgehead atoms. The molecule has 1 N–H and O–H groups in total. The molecule has 1 aliphatic rings. The Labute approximate surface area is 207 Å². The van der Waals surface area contributed by atoms with Crippen LogP contribution in [0.1, 0.15) is 35.2 Å². The summed E-state index contributed by atoms with van der Waals surface area (Å²) in [6.45, 7) is 4.06. The Morgan fingerprint density at radius 3 is 2.57 bits per heavy atom. The van der Waals surface area contributed by atoms with Crippen LogP contribution in [0.4, 0.5) is 5.13 Å². The smallest absolute Gasteiger partial charge is 0.301 e. The van der Waals surface area contributed by atoms with Gasteiger partial charge in [-0.15, -0.1) is 0 Å². The van der Waals surface area contributed by atoms with E-state index in [1.165, 1.54) is 23.3 Å². The number of carbonyl (C=O) groups excluding carboxylic acids is 2. The van der Waals surface area contributed by atoms with Gasteiger partial charge < -0.3 is 9.84 Å². The minimum absolute atomic E-state index is 0.0305. The van der Waals surface area contributed by atoms with Crippen molar-refractivity contribution >= 4 is 44.1 Å². The maximum Gasteiger partial charge on any atom is 0.301 e. The molecule has 1 atom stereocenters. The minimum Gasteiger partial charge on any atom is -0.507 e. The van der Waals surface area contributed by atoms with Crippen LogP contribution in [-0.2, 0) is 16.0 Å². The van der Waals surface area contributed by atoms with Gasteiger partial charge in [-0.1, -0.05) is 60.7 Å². The van der Waals surface area contributed by atoms with Crippen LogP contribution in [0.25, 0.3) is 16.0 Å². The molecule has 1 fully saturated rings. The lowest BCUT2D eigenvalue weighted by Crippen LogP contribution is -2.29. The summed E-state index contributed by atoms with van der Waals surface area (Å²) in [7, 11) is 1.53. The highest BCUT2D eigenvalue weighted by atomic mass is 32.1. The third-order valence-corrected chi connectivity index (χ3v) is 7.25. The fraction of sp³-hybridized carbons (Fsp3) is 0.179. The van der Waals surface area contributed by atoms with E-state index in [4.69, 9.17) is 4.74 Å². The van der Waals surface area contributed by atoms with Gasteiger partial charge in [0.25, 0.3) is 5.78 Å². The van der Waals surface area contributed by atoms with Crippen molar-refractivity contribution in [1.29, 1.82) is 0 Å². The fourth-order valence-corrected chi connectivity index (χ4v) is 5.42. The number of anilines is 1. The first kappa shape index (κ1) is 22.8. The van der Waals surface area contributed by atoms with Crippen LogP contribution < -0.4 is 9.64 Å². The van der Waals surface area contributed by atoms with Crippen molar-refractivity contribution < 1.29 is 19.4 Å². The molecule has 0 aliphatic carbocycles. The predicted octanol–water partition coefficient (Wildman–Crippen LogP) is 5.80. The van der Waals surface area contributed by atoms with Gasteiger partial charge in [-0.25, -0.2) is 4.98 Å². The number of Topliss-reactive ketones (excluding diaryl/α,β-unsaturated/α-hetero) is 1. The first-order valence-electron chi connectivity index (χ1n) is 11.3. The Bertz CT molecular complexity index is 1490. The molecule has 1 saturated heterocycles.